The summed E-state index contributed by atoms with van der Waals surface area (Å²) in [5.41, 5.74) is 2.80. The topological polar surface area (TPSA) is 44.3 Å². The first-order chi connectivity index (χ1) is 13.5. The van der Waals surface area contributed by atoms with Gasteiger partial charge in [0.2, 0.25) is 0 Å². The Labute approximate surface area is 169 Å². The lowest BCUT2D eigenvalue weighted by atomic mass is 9.67. The minimum atomic E-state index is -0.0891. The number of quaternary nitrogens is 1. The maximum Gasteiger partial charge on any atom is 0.118 e. The minimum Gasteiger partial charge on any atom is -0.497 e. The van der Waals surface area contributed by atoms with Crippen LogP contribution in [0, 0.1) is 0 Å². The Hall–Kier alpha value is -2.04. The Kier molecular flexibility index (Phi) is 6.63. The van der Waals surface area contributed by atoms with Crippen LogP contribution in [0.2, 0.25) is 0 Å². The first kappa shape index (κ1) is 20.7. The molecule has 0 radical (unpaired) electrons. The van der Waals surface area contributed by atoms with Gasteiger partial charge in [-0.2, -0.15) is 0 Å². The molecule has 28 heavy (non-hydrogen) atoms. The standard InChI is InChI=1S/C24H33NO3/c1-23(2)18-24(14-16-28-23,20-7-11-22(27-4)12-8-20)13-15-25-17-19-5-9-21(26-3)10-6-19/h5-12,25H,13-18H2,1-4H3/p+1. The Bertz CT molecular complexity index is 739. The van der Waals surface area contributed by atoms with Crippen LogP contribution in [-0.2, 0) is 16.7 Å². The van der Waals surface area contributed by atoms with Crippen molar-refractivity contribution in [2.24, 2.45) is 0 Å². The van der Waals surface area contributed by atoms with Crippen molar-refractivity contribution in [3.05, 3.63) is 59.7 Å². The molecule has 1 heterocycles. The molecule has 2 aromatic rings. The minimum absolute atomic E-state index is 0.0891. The largest absolute Gasteiger partial charge is 0.497 e. The van der Waals surface area contributed by atoms with E-state index in [2.05, 4.69) is 55.6 Å². The number of hydrogen-bond acceptors (Lipinski definition) is 3. The summed E-state index contributed by atoms with van der Waals surface area (Å²) >= 11 is 0. The van der Waals surface area contributed by atoms with E-state index in [0.29, 0.717) is 0 Å². The zero-order valence-electron chi connectivity index (χ0n) is 17.7. The highest BCUT2D eigenvalue weighted by molar-refractivity contribution is 5.33. The lowest BCUT2D eigenvalue weighted by Crippen LogP contribution is -2.83. The molecule has 0 amide bonds. The van der Waals surface area contributed by atoms with E-state index in [1.807, 2.05) is 12.1 Å². The Morgan fingerprint density at radius 3 is 2.11 bits per heavy atom. The van der Waals surface area contributed by atoms with Crippen molar-refractivity contribution in [2.75, 3.05) is 27.4 Å². The number of benzene rings is 2. The average Bonchev–Trinajstić information content (AvgIpc) is 2.71. The number of ether oxygens (including phenoxy) is 3. The summed E-state index contributed by atoms with van der Waals surface area (Å²) < 4.78 is 16.6. The molecule has 0 bridgehead atoms. The zero-order chi connectivity index (χ0) is 20.0. The zero-order valence-corrected chi connectivity index (χ0v) is 17.7. The van der Waals surface area contributed by atoms with Crippen LogP contribution in [0.25, 0.3) is 0 Å². The van der Waals surface area contributed by atoms with Crippen LogP contribution in [0.3, 0.4) is 0 Å². The van der Waals surface area contributed by atoms with E-state index in [0.717, 1.165) is 50.5 Å². The SMILES string of the molecule is COc1ccc(C[NH2+]CCC2(c3ccc(OC)cc3)CCOC(C)(C)C2)cc1. The molecule has 1 atom stereocenters. The molecule has 1 fully saturated rings. The van der Waals surface area contributed by atoms with Gasteiger partial charge in [-0.3, -0.25) is 0 Å². The van der Waals surface area contributed by atoms with Crippen molar-refractivity contribution in [3.8, 4) is 11.5 Å². The Morgan fingerprint density at radius 2 is 1.54 bits per heavy atom. The molecule has 152 valence electrons. The highest BCUT2D eigenvalue weighted by Gasteiger charge is 2.42. The fourth-order valence-corrected chi connectivity index (χ4v) is 4.43. The molecule has 0 saturated carbocycles. The normalized spacial score (nSPS) is 21.3. The summed E-state index contributed by atoms with van der Waals surface area (Å²) in [7, 11) is 3.42. The van der Waals surface area contributed by atoms with Gasteiger partial charge in [0, 0.05) is 24.0 Å². The van der Waals surface area contributed by atoms with Crippen LogP contribution < -0.4 is 14.8 Å². The third kappa shape index (κ3) is 5.06. The van der Waals surface area contributed by atoms with Crippen molar-refractivity contribution in [3.63, 3.8) is 0 Å². The summed E-state index contributed by atoms with van der Waals surface area (Å²) in [5.74, 6) is 1.82. The third-order valence-electron chi connectivity index (χ3n) is 5.91. The van der Waals surface area contributed by atoms with Crippen molar-refractivity contribution in [1.29, 1.82) is 0 Å². The van der Waals surface area contributed by atoms with E-state index in [4.69, 9.17) is 14.2 Å². The summed E-state index contributed by atoms with van der Waals surface area (Å²) in [6, 6.07) is 17.0. The van der Waals surface area contributed by atoms with E-state index < -0.39 is 0 Å². The van der Waals surface area contributed by atoms with Crippen molar-refractivity contribution in [2.45, 2.75) is 50.7 Å². The van der Waals surface area contributed by atoms with Crippen molar-refractivity contribution < 1.29 is 19.5 Å². The highest BCUT2D eigenvalue weighted by atomic mass is 16.5. The van der Waals surface area contributed by atoms with Gasteiger partial charge in [-0.1, -0.05) is 12.1 Å². The van der Waals surface area contributed by atoms with Gasteiger partial charge >= 0.3 is 0 Å². The first-order valence-electron chi connectivity index (χ1n) is 10.2. The third-order valence-corrected chi connectivity index (χ3v) is 5.91. The molecule has 4 heteroatoms. The number of methoxy groups -OCH3 is 2. The second-order valence-corrected chi connectivity index (χ2v) is 8.42. The predicted octanol–water partition coefficient (Wildman–Crippen LogP) is 3.68. The summed E-state index contributed by atoms with van der Waals surface area (Å²) in [5, 5.41) is 2.41. The fourth-order valence-electron chi connectivity index (χ4n) is 4.43. The molecule has 1 aliphatic rings. The van der Waals surface area contributed by atoms with Gasteiger partial charge in [0.25, 0.3) is 0 Å². The van der Waals surface area contributed by atoms with Crippen LogP contribution in [0.5, 0.6) is 11.5 Å². The van der Waals surface area contributed by atoms with Gasteiger partial charge in [0.15, 0.2) is 0 Å². The molecule has 1 unspecified atom stereocenters. The first-order valence-corrected chi connectivity index (χ1v) is 10.2. The monoisotopic (exact) mass is 384 g/mol. The van der Waals surface area contributed by atoms with Gasteiger partial charge in [0.1, 0.15) is 18.0 Å². The van der Waals surface area contributed by atoms with Crippen LogP contribution >= 0.6 is 0 Å². The summed E-state index contributed by atoms with van der Waals surface area (Å²) in [6.45, 7) is 7.32. The van der Waals surface area contributed by atoms with Crippen molar-refractivity contribution >= 4 is 0 Å². The fraction of sp³-hybridized carbons (Fsp3) is 0.500. The van der Waals surface area contributed by atoms with Crippen molar-refractivity contribution in [1.82, 2.24) is 0 Å². The number of rotatable bonds is 8. The molecule has 1 aliphatic heterocycles. The maximum absolute atomic E-state index is 6.04. The average molecular weight is 385 g/mol. The quantitative estimate of drug-likeness (QED) is 0.706. The molecular formula is C24H34NO3+. The molecule has 2 N–H and O–H groups in total. The molecule has 3 rings (SSSR count). The van der Waals surface area contributed by atoms with E-state index in [1.165, 1.54) is 11.1 Å². The van der Waals surface area contributed by atoms with Crippen LogP contribution in [-0.4, -0.2) is 33.0 Å². The Morgan fingerprint density at radius 1 is 0.929 bits per heavy atom. The van der Waals surface area contributed by atoms with E-state index >= 15 is 0 Å². The second-order valence-electron chi connectivity index (χ2n) is 8.42. The highest BCUT2D eigenvalue weighted by Crippen LogP contribution is 2.44. The smallest absolute Gasteiger partial charge is 0.118 e. The molecule has 0 aliphatic carbocycles. The molecule has 1 saturated heterocycles. The van der Waals surface area contributed by atoms with Crippen LogP contribution in [0.15, 0.2) is 48.5 Å². The second kappa shape index (κ2) is 8.97. The number of nitrogens with two attached hydrogens (primary N) is 1. The molecule has 4 nitrogen and oxygen atoms in total. The van der Waals surface area contributed by atoms with E-state index in [-0.39, 0.29) is 11.0 Å². The molecule has 2 aromatic carbocycles. The lowest BCUT2D eigenvalue weighted by Gasteiger charge is -2.45. The predicted molar refractivity (Wildman–Crippen MR) is 112 cm³/mol. The molecular weight excluding hydrogens is 350 g/mol. The van der Waals surface area contributed by atoms with E-state index in [1.54, 1.807) is 14.2 Å². The van der Waals surface area contributed by atoms with Gasteiger partial charge < -0.3 is 19.5 Å². The van der Waals surface area contributed by atoms with E-state index in [9.17, 15) is 0 Å². The summed E-state index contributed by atoms with van der Waals surface area (Å²) in [6.07, 6.45) is 3.25. The number of hydrogen-bond donors (Lipinski definition) is 1. The van der Waals surface area contributed by atoms with Crippen LogP contribution in [0.1, 0.15) is 44.2 Å². The molecule has 0 spiro atoms. The van der Waals surface area contributed by atoms with Gasteiger partial charge in [-0.05, 0) is 68.7 Å². The van der Waals surface area contributed by atoms with Crippen LogP contribution in [0.4, 0.5) is 0 Å². The molecule has 0 aromatic heterocycles. The lowest BCUT2D eigenvalue weighted by molar-refractivity contribution is -0.672. The Balaban J connectivity index is 1.66. The van der Waals surface area contributed by atoms with Gasteiger partial charge in [-0.15, -0.1) is 0 Å². The van der Waals surface area contributed by atoms with Gasteiger partial charge in [-0.25, -0.2) is 0 Å². The maximum atomic E-state index is 6.04. The summed E-state index contributed by atoms with van der Waals surface area (Å²) in [4.78, 5) is 0. The van der Waals surface area contributed by atoms with Gasteiger partial charge in [0.05, 0.1) is 26.4 Å².